The van der Waals surface area contributed by atoms with E-state index in [0.29, 0.717) is 6.61 Å². The molecule has 0 unspecified atom stereocenters. The minimum absolute atomic E-state index is 0.0489. The summed E-state index contributed by atoms with van der Waals surface area (Å²) in [5.74, 6) is -0.559. The van der Waals surface area contributed by atoms with Crippen molar-refractivity contribution >= 4 is 11.9 Å². The van der Waals surface area contributed by atoms with Gasteiger partial charge in [0.1, 0.15) is 12.1 Å². The molecule has 5 heteroatoms. The zero-order valence-corrected chi connectivity index (χ0v) is 10.7. The van der Waals surface area contributed by atoms with E-state index in [9.17, 15) is 9.59 Å². The zero-order chi connectivity index (χ0) is 12.8. The van der Waals surface area contributed by atoms with Crippen LogP contribution in [0.3, 0.4) is 0 Å². The molecule has 0 bridgehead atoms. The first-order valence-electron chi connectivity index (χ1n) is 6.10. The highest BCUT2D eigenvalue weighted by Gasteiger charge is 2.31. The molecule has 1 rings (SSSR count). The van der Waals surface area contributed by atoms with Crippen LogP contribution in [-0.4, -0.2) is 37.7 Å². The summed E-state index contributed by atoms with van der Waals surface area (Å²) in [6, 6.07) is -0.582. The van der Waals surface area contributed by atoms with Crippen LogP contribution >= 0.6 is 0 Å². The Morgan fingerprint density at radius 1 is 1.53 bits per heavy atom. The van der Waals surface area contributed by atoms with Gasteiger partial charge in [-0.05, 0) is 18.8 Å². The van der Waals surface area contributed by atoms with Crippen LogP contribution in [0.2, 0.25) is 0 Å². The molecule has 0 aromatic carbocycles. The van der Waals surface area contributed by atoms with Gasteiger partial charge in [0.2, 0.25) is 5.91 Å². The molecule has 98 valence electrons. The molecule has 0 saturated carbocycles. The van der Waals surface area contributed by atoms with Crippen molar-refractivity contribution in [3.63, 3.8) is 0 Å². The van der Waals surface area contributed by atoms with Crippen molar-refractivity contribution in [1.29, 1.82) is 0 Å². The normalized spacial score (nSPS) is 22.9. The molecule has 1 heterocycles. The fourth-order valence-electron chi connectivity index (χ4n) is 1.83. The number of methoxy groups -OCH3 is 1. The monoisotopic (exact) mass is 243 g/mol. The van der Waals surface area contributed by atoms with Crippen molar-refractivity contribution in [2.45, 2.75) is 45.3 Å². The third-order valence-corrected chi connectivity index (χ3v) is 3.19. The lowest BCUT2D eigenvalue weighted by molar-refractivity contribution is -0.148. The van der Waals surface area contributed by atoms with Gasteiger partial charge >= 0.3 is 5.97 Å². The fourth-order valence-corrected chi connectivity index (χ4v) is 1.83. The number of hydrogen-bond donors (Lipinski definition) is 1. The Morgan fingerprint density at radius 3 is 2.71 bits per heavy atom. The first-order valence-corrected chi connectivity index (χ1v) is 6.10. The Hall–Kier alpha value is -1.10. The summed E-state index contributed by atoms with van der Waals surface area (Å²) >= 11 is 0. The summed E-state index contributed by atoms with van der Waals surface area (Å²) in [5, 5.41) is 2.72. The molecule has 1 aliphatic rings. The van der Waals surface area contributed by atoms with E-state index in [-0.39, 0.29) is 11.8 Å². The number of rotatable bonds is 5. The van der Waals surface area contributed by atoms with E-state index in [0.717, 1.165) is 19.3 Å². The number of hydrogen-bond acceptors (Lipinski definition) is 4. The number of esters is 1. The van der Waals surface area contributed by atoms with E-state index in [1.54, 1.807) is 0 Å². The number of amides is 1. The molecule has 0 aromatic rings. The van der Waals surface area contributed by atoms with Gasteiger partial charge in [-0.2, -0.15) is 0 Å². The third-order valence-electron chi connectivity index (χ3n) is 3.19. The van der Waals surface area contributed by atoms with Crippen LogP contribution in [0.1, 0.15) is 33.1 Å². The highest BCUT2D eigenvalue weighted by Crippen LogP contribution is 2.14. The van der Waals surface area contributed by atoms with Crippen LogP contribution in [0.4, 0.5) is 0 Å². The molecule has 0 aromatic heterocycles. The second kappa shape index (κ2) is 6.59. The zero-order valence-electron chi connectivity index (χ0n) is 10.7. The van der Waals surface area contributed by atoms with Crippen molar-refractivity contribution in [2.24, 2.45) is 5.92 Å². The predicted molar refractivity (Wildman–Crippen MR) is 62.4 cm³/mol. The van der Waals surface area contributed by atoms with Crippen LogP contribution in [0.25, 0.3) is 0 Å². The smallest absolute Gasteiger partial charge is 0.328 e. The second-order valence-corrected chi connectivity index (χ2v) is 4.40. The van der Waals surface area contributed by atoms with Crippen LogP contribution in [0.15, 0.2) is 0 Å². The topological polar surface area (TPSA) is 64.6 Å². The Balaban J connectivity index is 2.58. The van der Waals surface area contributed by atoms with E-state index in [2.05, 4.69) is 5.32 Å². The van der Waals surface area contributed by atoms with Gasteiger partial charge in [-0.25, -0.2) is 4.79 Å². The summed E-state index contributed by atoms with van der Waals surface area (Å²) in [5.41, 5.74) is 0. The van der Waals surface area contributed by atoms with E-state index in [1.165, 1.54) is 7.11 Å². The average molecular weight is 243 g/mol. The van der Waals surface area contributed by atoms with Gasteiger partial charge in [-0.1, -0.05) is 20.3 Å². The molecule has 17 heavy (non-hydrogen) atoms. The average Bonchev–Trinajstić information content (AvgIpc) is 2.87. The highest BCUT2D eigenvalue weighted by atomic mass is 16.5. The van der Waals surface area contributed by atoms with E-state index < -0.39 is 18.1 Å². The van der Waals surface area contributed by atoms with Crippen molar-refractivity contribution in [3.05, 3.63) is 0 Å². The number of carbonyl (C=O) groups is 2. The van der Waals surface area contributed by atoms with Crippen molar-refractivity contribution in [3.8, 4) is 0 Å². The quantitative estimate of drug-likeness (QED) is 0.728. The molecule has 1 N–H and O–H groups in total. The molecular weight excluding hydrogens is 222 g/mol. The molecule has 0 spiro atoms. The van der Waals surface area contributed by atoms with Crippen LogP contribution in [0.5, 0.6) is 0 Å². The largest absolute Gasteiger partial charge is 0.467 e. The van der Waals surface area contributed by atoms with Crippen molar-refractivity contribution in [2.75, 3.05) is 13.7 Å². The SMILES string of the molecule is CC[C@H](C)[C@H](NC(=O)[C@H]1CCCO1)C(=O)OC. The molecule has 1 fully saturated rings. The van der Waals surface area contributed by atoms with Gasteiger partial charge in [-0.15, -0.1) is 0 Å². The maximum atomic E-state index is 11.9. The summed E-state index contributed by atoms with van der Waals surface area (Å²) in [6.45, 7) is 4.50. The van der Waals surface area contributed by atoms with Gasteiger partial charge in [-0.3, -0.25) is 4.79 Å². The summed E-state index contributed by atoms with van der Waals surface area (Å²) < 4.78 is 9.98. The van der Waals surface area contributed by atoms with Crippen LogP contribution in [0, 0.1) is 5.92 Å². The molecular formula is C12H21NO4. The first kappa shape index (κ1) is 14.0. The molecule has 1 amide bonds. The van der Waals surface area contributed by atoms with E-state index >= 15 is 0 Å². The number of ether oxygens (including phenoxy) is 2. The molecule has 0 radical (unpaired) electrons. The van der Waals surface area contributed by atoms with Gasteiger partial charge < -0.3 is 14.8 Å². The second-order valence-electron chi connectivity index (χ2n) is 4.40. The Labute approximate surface area is 102 Å². The molecule has 1 saturated heterocycles. The van der Waals surface area contributed by atoms with Crippen LogP contribution in [-0.2, 0) is 19.1 Å². The summed E-state index contributed by atoms with van der Waals surface area (Å²) in [6.07, 6.45) is 2.00. The summed E-state index contributed by atoms with van der Waals surface area (Å²) in [7, 11) is 1.33. The third kappa shape index (κ3) is 3.70. The van der Waals surface area contributed by atoms with Crippen molar-refractivity contribution in [1.82, 2.24) is 5.32 Å². The van der Waals surface area contributed by atoms with Crippen LogP contribution < -0.4 is 5.32 Å². The Kier molecular flexibility index (Phi) is 5.41. The Morgan fingerprint density at radius 2 is 2.24 bits per heavy atom. The van der Waals surface area contributed by atoms with E-state index in [4.69, 9.17) is 9.47 Å². The lowest BCUT2D eigenvalue weighted by Gasteiger charge is -2.23. The molecule has 1 aliphatic heterocycles. The predicted octanol–water partition coefficient (Wildman–Crippen LogP) is 0.869. The first-order chi connectivity index (χ1) is 8.10. The maximum absolute atomic E-state index is 11.9. The Bertz CT molecular complexity index is 274. The molecule has 5 nitrogen and oxygen atoms in total. The van der Waals surface area contributed by atoms with Gasteiger partial charge in [0.15, 0.2) is 0 Å². The van der Waals surface area contributed by atoms with Gasteiger partial charge in [0.05, 0.1) is 7.11 Å². The molecule has 3 atom stereocenters. The van der Waals surface area contributed by atoms with Gasteiger partial charge in [0, 0.05) is 6.61 Å². The van der Waals surface area contributed by atoms with Gasteiger partial charge in [0.25, 0.3) is 0 Å². The highest BCUT2D eigenvalue weighted by molar-refractivity contribution is 5.87. The standard InChI is InChI=1S/C12H21NO4/c1-4-8(2)10(12(15)16-3)13-11(14)9-6-5-7-17-9/h8-10H,4-7H2,1-3H3,(H,13,14)/t8-,9+,10-/m0/s1. The lowest BCUT2D eigenvalue weighted by Crippen LogP contribution is -2.49. The number of carbonyl (C=O) groups excluding carboxylic acids is 2. The minimum Gasteiger partial charge on any atom is -0.467 e. The van der Waals surface area contributed by atoms with Crippen molar-refractivity contribution < 1.29 is 19.1 Å². The van der Waals surface area contributed by atoms with E-state index in [1.807, 2.05) is 13.8 Å². The fraction of sp³-hybridized carbons (Fsp3) is 0.833. The minimum atomic E-state index is -0.582. The summed E-state index contributed by atoms with van der Waals surface area (Å²) in [4.78, 5) is 23.4. The number of nitrogens with one attached hydrogen (secondary N) is 1. The molecule has 0 aliphatic carbocycles. The lowest BCUT2D eigenvalue weighted by atomic mass is 9.99. The maximum Gasteiger partial charge on any atom is 0.328 e.